The van der Waals surface area contributed by atoms with Crippen molar-refractivity contribution in [3.8, 4) is 11.4 Å². The molecule has 148 valence electrons. The summed E-state index contributed by atoms with van der Waals surface area (Å²) in [5, 5.41) is 1.99. The molecule has 0 N–H and O–H groups in total. The number of carbonyl (C=O) groups is 2. The number of esters is 1. The van der Waals surface area contributed by atoms with Gasteiger partial charge in [0, 0.05) is 11.8 Å². The van der Waals surface area contributed by atoms with Gasteiger partial charge in [0.05, 0.1) is 23.6 Å². The fourth-order valence-electron chi connectivity index (χ4n) is 3.94. The molecule has 0 aliphatic carbocycles. The average molecular weight is 397 g/mol. The summed E-state index contributed by atoms with van der Waals surface area (Å²) in [6.45, 7) is 2.05. The lowest BCUT2D eigenvalue weighted by Gasteiger charge is -2.18. The van der Waals surface area contributed by atoms with E-state index in [1.54, 1.807) is 35.8 Å². The van der Waals surface area contributed by atoms with Crippen LogP contribution in [0.25, 0.3) is 16.5 Å². The number of hydrogen-bond acceptors (Lipinski definition) is 4. The third-order valence-corrected chi connectivity index (χ3v) is 5.32. The van der Waals surface area contributed by atoms with Crippen molar-refractivity contribution in [3.05, 3.63) is 95.8 Å². The Morgan fingerprint density at radius 1 is 1.03 bits per heavy atom. The molecular weight excluding hydrogens is 378 g/mol. The zero-order valence-electron chi connectivity index (χ0n) is 16.4. The summed E-state index contributed by atoms with van der Waals surface area (Å²) in [5.41, 5.74) is 2.42. The molecule has 0 saturated heterocycles. The summed E-state index contributed by atoms with van der Waals surface area (Å²) in [5.74, 6) is -0.0964. The first-order chi connectivity index (χ1) is 14.7. The summed E-state index contributed by atoms with van der Waals surface area (Å²) in [6, 6.07) is 22.5. The first-order valence-electron chi connectivity index (χ1n) is 9.85. The molecule has 5 nitrogen and oxygen atoms in total. The van der Waals surface area contributed by atoms with Crippen molar-refractivity contribution in [3.63, 3.8) is 0 Å². The van der Waals surface area contributed by atoms with Crippen LogP contribution in [0, 0.1) is 0 Å². The van der Waals surface area contributed by atoms with Crippen LogP contribution in [0.2, 0.25) is 0 Å². The van der Waals surface area contributed by atoms with Gasteiger partial charge in [-0.25, -0.2) is 4.79 Å². The van der Waals surface area contributed by atoms with Crippen LogP contribution < -0.4 is 4.74 Å². The fraction of sp³-hybridized carbons (Fsp3) is 0.120. The molecular formula is C25H19NO4. The Kier molecular flexibility index (Phi) is 4.36. The van der Waals surface area contributed by atoms with Gasteiger partial charge < -0.3 is 14.0 Å². The van der Waals surface area contributed by atoms with Gasteiger partial charge in [-0.3, -0.25) is 4.79 Å². The number of ether oxygens (including phenoxy) is 2. The summed E-state index contributed by atoms with van der Waals surface area (Å²) < 4.78 is 13.2. The van der Waals surface area contributed by atoms with E-state index in [9.17, 15) is 9.59 Å². The predicted molar refractivity (Wildman–Crippen MR) is 113 cm³/mol. The highest BCUT2D eigenvalue weighted by molar-refractivity contribution is 6.03. The van der Waals surface area contributed by atoms with Crippen molar-refractivity contribution >= 4 is 22.5 Å². The summed E-state index contributed by atoms with van der Waals surface area (Å²) in [6.07, 6.45) is 0.994. The number of aromatic nitrogens is 1. The monoisotopic (exact) mass is 397 g/mol. The Hall–Kier alpha value is -3.86. The molecule has 0 spiro atoms. The van der Waals surface area contributed by atoms with Gasteiger partial charge in [0.1, 0.15) is 5.75 Å². The molecule has 1 aliphatic heterocycles. The summed E-state index contributed by atoms with van der Waals surface area (Å²) in [7, 11) is 0. The molecule has 4 aromatic rings. The number of fused-ring (bicyclic) bond motifs is 4. The molecule has 1 aromatic heterocycles. The Morgan fingerprint density at radius 2 is 1.87 bits per heavy atom. The van der Waals surface area contributed by atoms with Crippen molar-refractivity contribution in [2.75, 3.05) is 6.61 Å². The molecule has 0 saturated carbocycles. The molecule has 1 aliphatic rings. The second-order valence-corrected chi connectivity index (χ2v) is 7.10. The lowest BCUT2D eigenvalue weighted by Crippen LogP contribution is -2.19. The molecule has 0 radical (unpaired) electrons. The standard InChI is InChI=1S/C25H19NO4/c1-2-29-25(28)17-12-13-20-22(15-17)30-24(23(27)21-11-6-14-26(20)21)19-10-5-8-16-7-3-4-9-18(16)19/h3-15,24H,2H2,1H3. The van der Waals surface area contributed by atoms with Gasteiger partial charge in [-0.2, -0.15) is 0 Å². The maximum absolute atomic E-state index is 13.5. The normalized spacial score (nSPS) is 15.1. The highest BCUT2D eigenvalue weighted by Gasteiger charge is 2.32. The smallest absolute Gasteiger partial charge is 0.338 e. The van der Waals surface area contributed by atoms with Crippen LogP contribution in [-0.4, -0.2) is 22.9 Å². The number of hydrogen-bond donors (Lipinski definition) is 0. The number of rotatable bonds is 3. The second-order valence-electron chi connectivity index (χ2n) is 7.10. The first-order valence-corrected chi connectivity index (χ1v) is 9.85. The molecule has 0 amide bonds. The molecule has 30 heavy (non-hydrogen) atoms. The van der Waals surface area contributed by atoms with E-state index < -0.39 is 12.1 Å². The van der Waals surface area contributed by atoms with Gasteiger partial charge >= 0.3 is 5.97 Å². The Balaban J connectivity index is 1.70. The van der Waals surface area contributed by atoms with Gasteiger partial charge in [0.25, 0.3) is 0 Å². The van der Waals surface area contributed by atoms with Crippen LogP contribution in [0.5, 0.6) is 5.75 Å². The third-order valence-electron chi connectivity index (χ3n) is 5.32. The van der Waals surface area contributed by atoms with E-state index in [1.165, 1.54) is 0 Å². The van der Waals surface area contributed by atoms with Crippen LogP contribution in [-0.2, 0) is 4.74 Å². The van der Waals surface area contributed by atoms with E-state index in [-0.39, 0.29) is 12.4 Å². The number of nitrogens with zero attached hydrogens (tertiary/aromatic N) is 1. The SMILES string of the molecule is CCOC(=O)c1ccc2c(c1)OC(c1cccc3ccccc13)C(=O)c1cccn1-2. The van der Waals surface area contributed by atoms with Gasteiger partial charge in [-0.15, -0.1) is 0 Å². The van der Waals surface area contributed by atoms with Gasteiger partial charge in [-0.1, -0.05) is 42.5 Å². The van der Waals surface area contributed by atoms with Crippen molar-refractivity contribution in [1.29, 1.82) is 0 Å². The molecule has 0 bridgehead atoms. The summed E-state index contributed by atoms with van der Waals surface area (Å²) in [4.78, 5) is 25.7. The second kappa shape index (κ2) is 7.19. The van der Waals surface area contributed by atoms with Gasteiger partial charge in [-0.05, 0) is 48.0 Å². The Morgan fingerprint density at radius 3 is 2.73 bits per heavy atom. The van der Waals surface area contributed by atoms with Crippen LogP contribution in [0.1, 0.15) is 39.4 Å². The highest BCUT2D eigenvalue weighted by atomic mass is 16.5. The van der Waals surface area contributed by atoms with Crippen molar-refractivity contribution in [1.82, 2.24) is 4.57 Å². The zero-order valence-corrected chi connectivity index (χ0v) is 16.4. The third kappa shape index (κ3) is 2.87. The predicted octanol–water partition coefficient (Wildman–Crippen LogP) is 5.12. The Bertz CT molecular complexity index is 1280. The molecule has 1 atom stereocenters. The maximum Gasteiger partial charge on any atom is 0.338 e. The van der Waals surface area contributed by atoms with Gasteiger partial charge in [0.15, 0.2) is 6.10 Å². The van der Waals surface area contributed by atoms with E-state index in [4.69, 9.17) is 9.47 Å². The lowest BCUT2D eigenvalue weighted by atomic mass is 9.97. The van der Waals surface area contributed by atoms with E-state index >= 15 is 0 Å². The number of carbonyl (C=O) groups excluding carboxylic acids is 2. The van der Waals surface area contributed by atoms with E-state index in [2.05, 4.69) is 0 Å². The van der Waals surface area contributed by atoms with E-state index in [0.29, 0.717) is 22.7 Å². The maximum atomic E-state index is 13.5. The zero-order chi connectivity index (χ0) is 20.7. The molecule has 5 heteroatoms. The lowest BCUT2D eigenvalue weighted by molar-refractivity contribution is 0.0525. The number of ketones is 1. The van der Waals surface area contributed by atoms with Gasteiger partial charge in [0.2, 0.25) is 5.78 Å². The minimum Gasteiger partial charge on any atom is -0.475 e. The van der Waals surface area contributed by atoms with Crippen LogP contribution in [0.15, 0.2) is 79.0 Å². The molecule has 0 fully saturated rings. The van der Waals surface area contributed by atoms with Crippen LogP contribution >= 0.6 is 0 Å². The van der Waals surface area contributed by atoms with Crippen molar-refractivity contribution in [2.45, 2.75) is 13.0 Å². The summed E-state index contributed by atoms with van der Waals surface area (Å²) >= 11 is 0. The fourth-order valence-corrected chi connectivity index (χ4v) is 3.94. The van der Waals surface area contributed by atoms with E-state index in [0.717, 1.165) is 16.3 Å². The molecule has 5 rings (SSSR count). The largest absolute Gasteiger partial charge is 0.475 e. The molecule has 1 unspecified atom stereocenters. The van der Waals surface area contributed by atoms with Crippen molar-refractivity contribution < 1.29 is 19.1 Å². The quantitative estimate of drug-likeness (QED) is 0.450. The van der Waals surface area contributed by atoms with Crippen LogP contribution in [0.4, 0.5) is 0 Å². The topological polar surface area (TPSA) is 57.5 Å². The Labute approximate surface area is 173 Å². The molecule has 2 heterocycles. The van der Waals surface area contributed by atoms with Crippen molar-refractivity contribution in [2.24, 2.45) is 0 Å². The first kappa shape index (κ1) is 18.2. The average Bonchev–Trinajstić information content (AvgIpc) is 3.22. The minimum atomic E-state index is -0.830. The number of Topliss-reactive ketones (excluding diaryl/α,β-unsaturated/α-hetero) is 1. The van der Waals surface area contributed by atoms with Crippen LogP contribution in [0.3, 0.4) is 0 Å². The highest BCUT2D eigenvalue weighted by Crippen LogP contribution is 2.38. The molecule has 3 aromatic carbocycles. The number of benzene rings is 3. The van der Waals surface area contributed by atoms with E-state index in [1.807, 2.05) is 54.7 Å². The minimum absolute atomic E-state index is 0.134.